The molecule has 1 aromatic carbocycles. The average Bonchev–Trinajstić information content (AvgIpc) is 3.14. The second-order valence-corrected chi connectivity index (χ2v) is 6.96. The Morgan fingerprint density at radius 2 is 1.85 bits per heavy atom. The first-order chi connectivity index (χ1) is 9.42. The molecule has 0 unspecified atom stereocenters. The number of benzene rings is 1. The molecule has 0 heterocycles. The van der Waals surface area contributed by atoms with Gasteiger partial charge in [0.1, 0.15) is 0 Å². The molecule has 0 radical (unpaired) electrons. The molecule has 1 aliphatic carbocycles. The minimum atomic E-state index is 0.0397. The molecular weight excluding hydrogens is 246 g/mol. The van der Waals surface area contributed by atoms with E-state index in [1.807, 2.05) is 7.05 Å². The third-order valence-corrected chi connectivity index (χ3v) is 3.73. The van der Waals surface area contributed by atoms with Crippen LogP contribution in [-0.4, -0.2) is 25.1 Å². The van der Waals surface area contributed by atoms with Crippen LogP contribution in [0.2, 0.25) is 0 Å². The Balaban J connectivity index is 1.87. The van der Waals surface area contributed by atoms with Gasteiger partial charge in [0.25, 0.3) is 0 Å². The van der Waals surface area contributed by atoms with Gasteiger partial charge in [-0.15, -0.1) is 0 Å². The number of guanidine groups is 1. The van der Waals surface area contributed by atoms with Crippen LogP contribution < -0.4 is 10.6 Å². The smallest absolute Gasteiger partial charge is 0.191 e. The lowest BCUT2D eigenvalue weighted by Gasteiger charge is -2.25. The van der Waals surface area contributed by atoms with Crippen LogP contribution in [0.1, 0.15) is 39.2 Å². The summed E-state index contributed by atoms with van der Waals surface area (Å²) in [5, 5.41) is 6.90. The topological polar surface area (TPSA) is 36.4 Å². The third-order valence-electron chi connectivity index (χ3n) is 3.73. The summed E-state index contributed by atoms with van der Waals surface area (Å²) < 4.78 is 0. The number of aliphatic imine (C=N–C) groups is 1. The number of hydrogen-bond donors (Lipinski definition) is 2. The van der Waals surface area contributed by atoms with Crippen LogP contribution in [0, 0.1) is 5.41 Å². The molecule has 110 valence electrons. The summed E-state index contributed by atoms with van der Waals surface area (Å²) in [5.41, 5.74) is 1.90. The average molecular weight is 273 g/mol. The van der Waals surface area contributed by atoms with Crippen molar-refractivity contribution in [3.05, 3.63) is 35.9 Å². The molecule has 0 bridgehead atoms. The highest BCUT2D eigenvalue weighted by molar-refractivity contribution is 5.80. The largest absolute Gasteiger partial charge is 0.356 e. The summed E-state index contributed by atoms with van der Waals surface area (Å²) in [5.74, 6) is 0.900. The fourth-order valence-corrected chi connectivity index (χ4v) is 2.43. The predicted molar refractivity (Wildman–Crippen MR) is 86.1 cm³/mol. The zero-order chi connectivity index (χ0) is 14.6. The van der Waals surface area contributed by atoms with Gasteiger partial charge in [-0.2, -0.15) is 0 Å². The van der Waals surface area contributed by atoms with E-state index in [2.05, 4.69) is 66.7 Å². The van der Waals surface area contributed by atoms with E-state index in [9.17, 15) is 0 Å². The Morgan fingerprint density at radius 3 is 2.35 bits per heavy atom. The van der Waals surface area contributed by atoms with Gasteiger partial charge in [-0.3, -0.25) is 4.99 Å². The van der Waals surface area contributed by atoms with E-state index >= 15 is 0 Å². The van der Waals surface area contributed by atoms with Crippen LogP contribution in [0.15, 0.2) is 35.3 Å². The van der Waals surface area contributed by atoms with Gasteiger partial charge in [-0.05, 0) is 51.0 Å². The second-order valence-electron chi connectivity index (χ2n) is 6.96. The summed E-state index contributed by atoms with van der Waals surface area (Å²) in [6.07, 6.45) is 3.77. The lowest BCUT2D eigenvalue weighted by molar-refractivity contribution is 0.468. The van der Waals surface area contributed by atoms with Gasteiger partial charge in [0.2, 0.25) is 0 Å². The van der Waals surface area contributed by atoms with Crippen molar-refractivity contribution in [3.63, 3.8) is 0 Å². The van der Waals surface area contributed by atoms with Gasteiger partial charge < -0.3 is 10.6 Å². The minimum absolute atomic E-state index is 0.0397. The highest BCUT2D eigenvalue weighted by atomic mass is 15.2. The predicted octanol–water partition coefficient (Wildman–Crippen LogP) is 2.97. The van der Waals surface area contributed by atoms with Crippen LogP contribution in [0.4, 0.5) is 0 Å². The first kappa shape index (κ1) is 14.9. The van der Waals surface area contributed by atoms with Crippen LogP contribution in [-0.2, 0) is 6.42 Å². The van der Waals surface area contributed by atoms with Crippen molar-refractivity contribution < 1.29 is 0 Å². The quantitative estimate of drug-likeness (QED) is 0.653. The van der Waals surface area contributed by atoms with Gasteiger partial charge in [-0.25, -0.2) is 0 Å². The minimum Gasteiger partial charge on any atom is -0.356 e. The van der Waals surface area contributed by atoms with E-state index in [4.69, 9.17) is 0 Å². The molecular formula is C17H27N3. The number of nitrogens with zero attached hydrogens (tertiary/aromatic N) is 1. The van der Waals surface area contributed by atoms with Crippen molar-refractivity contribution in [2.45, 2.75) is 45.6 Å². The lowest BCUT2D eigenvalue weighted by Crippen LogP contribution is -2.49. The van der Waals surface area contributed by atoms with Gasteiger partial charge in [0.05, 0.1) is 0 Å². The Bertz CT molecular complexity index is 453. The molecule has 0 amide bonds. The standard InChI is InChI=1S/C17H27N3/c1-16(2,3)20-15(18-4)19-13-17(10-11-17)12-14-8-6-5-7-9-14/h5-9H,10-13H2,1-4H3,(H2,18,19,20). The lowest BCUT2D eigenvalue weighted by atomic mass is 9.96. The fourth-order valence-electron chi connectivity index (χ4n) is 2.43. The Labute approximate surface area is 122 Å². The second kappa shape index (κ2) is 5.86. The van der Waals surface area contributed by atoms with Crippen molar-refractivity contribution in [2.24, 2.45) is 10.4 Å². The van der Waals surface area contributed by atoms with Crippen LogP contribution in [0.5, 0.6) is 0 Å². The molecule has 0 aromatic heterocycles. The molecule has 3 nitrogen and oxygen atoms in total. The van der Waals surface area contributed by atoms with Crippen LogP contribution in [0.25, 0.3) is 0 Å². The third kappa shape index (κ3) is 4.55. The highest BCUT2D eigenvalue weighted by Gasteiger charge is 2.42. The first-order valence-electron chi connectivity index (χ1n) is 7.45. The van der Waals surface area contributed by atoms with Crippen molar-refractivity contribution in [3.8, 4) is 0 Å². The molecule has 3 heteroatoms. The molecule has 0 saturated heterocycles. The van der Waals surface area contributed by atoms with Crippen molar-refractivity contribution in [1.82, 2.24) is 10.6 Å². The molecule has 1 fully saturated rings. The van der Waals surface area contributed by atoms with Gasteiger partial charge in [0.15, 0.2) is 5.96 Å². The monoisotopic (exact) mass is 273 g/mol. The van der Waals surface area contributed by atoms with Gasteiger partial charge in [-0.1, -0.05) is 30.3 Å². The van der Waals surface area contributed by atoms with Crippen molar-refractivity contribution in [1.29, 1.82) is 0 Å². The summed E-state index contributed by atoms with van der Waals surface area (Å²) in [7, 11) is 1.83. The van der Waals surface area contributed by atoms with E-state index in [-0.39, 0.29) is 5.54 Å². The Hall–Kier alpha value is -1.51. The van der Waals surface area contributed by atoms with E-state index in [0.29, 0.717) is 5.41 Å². The summed E-state index contributed by atoms with van der Waals surface area (Å²) in [6, 6.07) is 10.8. The number of rotatable bonds is 4. The van der Waals surface area contributed by atoms with E-state index in [1.165, 1.54) is 18.4 Å². The molecule has 20 heavy (non-hydrogen) atoms. The SMILES string of the molecule is CN=C(NCC1(Cc2ccccc2)CC1)NC(C)(C)C. The first-order valence-corrected chi connectivity index (χ1v) is 7.45. The van der Waals surface area contributed by atoms with Gasteiger partial charge >= 0.3 is 0 Å². The maximum atomic E-state index is 4.31. The van der Waals surface area contributed by atoms with Crippen LogP contribution >= 0.6 is 0 Å². The van der Waals surface area contributed by atoms with Gasteiger partial charge in [0, 0.05) is 19.1 Å². The van der Waals surface area contributed by atoms with Crippen LogP contribution in [0.3, 0.4) is 0 Å². The zero-order valence-corrected chi connectivity index (χ0v) is 13.2. The zero-order valence-electron chi connectivity index (χ0n) is 13.2. The molecule has 0 atom stereocenters. The summed E-state index contributed by atoms with van der Waals surface area (Å²) >= 11 is 0. The van der Waals surface area contributed by atoms with E-state index in [1.54, 1.807) is 0 Å². The molecule has 1 saturated carbocycles. The normalized spacial score (nSPS) is 17.7. The molecule has 2 rings (SSSR count). The summed E-state index contributed by atoms with van der Waals surface area (Å²) in [4.78, 5) is 4.31. The molecule has 1 aromatic rings. The maximum Gasteiger partial charge on any atom is 0.191 e. The maximum absolute atomic E-state index is 4.31. The molecule has 1 aliphatic rings. The van der Waals surface area contributed by atoms with E-state index < -0.39 is 0 Å². The Kier molecular flexibility index (Phi) is 4.36. The van der Waals surface area contributed by atoms with Crippen molar-refractivity contribution in [2.75, 3.05) is 13.6 Å². The Morgan fingerprint density at radius 1 is 1.20 bits per heavy atom. The number of hydrogen-bond acceptors (Lipinski definition) is 1. The molecule has 2 N–H and O–H groups in total. The van der Waals surface area contributed by atoms with E-state index in [0.717, 1.165) is 18.9 Å². The molecule has 0 aliphatic heterocycles. The van der Waals surface area contributed by atoms with Crippen molar-refractivity contribution >= 4 is 5.96 Å². The summed E-state index contributed by atoms with van der Waals surface area (Å²) in [6.45, 7) is 7.45. The molecule has 0 spiro atoms. The fraction of sp³-hybridized carbons (Fsp3) is 0.588. The number of nitrogens with one attached hydrogen (secondary N) is 2. The highest BCUT2D eigenvalue weighted by Crippen LogP contribution is 2.47.